The zero-order valence-electron chi connectivity index (χ0n) is 10.5. The quantitative estimate of drug-likeness (QED) is 0.638. The molecule has 0 saturated heterocycles. The fourth-order valence-corrected chi connectivity index (χ4v) is 2.11. The molecular weight excluding hydrogens is 270 g/mol. The lowest BCUT2D eigenvalue weighted by Gasteiger charge is -2.05. The Bertz CT molecular complexity index is 625. The molecule has 0 radical (unpaired) electrons. The summed E-state index contributed by atoms with van der Waals surface area (Å²) in [5, 5.41) is 15.2. The van der Waals surface area contributed by atoms with E-state index in [0.717, 1.165) is 5.56 Å². The van der Waals surface area contributed by atoms with E-state index in [2.05, 4.69) is 5.10 Å². The molecule has 1 aromatic carbocycles. The number of nitrogens with zero attached hydrogens (tertiary/aromatic N) is 3. The third-order valence-electron chi connectivity index (χ3n) is 2.68. The summed E-state index contributed by atoms with van der Waals surface area (Å²) >= 11 is 6.07. The van der Waals surface area contributed by atoms with Crippen LogP contribution in [0.15, 0.2) is 24.3 Å². The van der Waals surface area contributed by atoms with E-state index in [4.69, 9.17) is 16.3 Å². The van der Waals surface area contributed by atoms with Crippen LogP contribution in [0.1, 0.15) is 11.3 Å². The number of aromatic nitrogens is 2. The van der Waals surface area contributed by atoms with Gasteiger partial charge in [-0.25, -0.2) is 4.68 Å². The van der Waals surface area contributed by atoms with Crippen LogP contribution in [-0.4, -0.2) is 21.8 Å². The molecule has 0 bridgehead atoms. The van der Waals surface area contributed by atoms with Crippen LogP contribution in [0.3, 0.4) is 0 Å². The molecule has 0 fully saturated rings. The van der Waals surface area contributed by atoms with Crippen molar-refractivity contribution < 1.29 is 9.66 Å². The van der Waals surface area contributed by atoms with Gasteiger partial charge in [-0.3, -0.25) is 10.1 Å². The number of nitro groups is 1. The minimum absolute atomic E-state index is 0.0219. The average Bonchev–Trinajstić information content (AvgIpc) is 2.67. The van der Waals surface area contributed by atoms with Crippen LogP contribution in [-0.2, 0) is 11.3 Å². The van der Waals surface area contributed by atoms with Crippen molar-refractivity contribution in [2.24, 2.45) is 0 Å². The van der Waals surface area contributed by atoms with Gasteiger partial charge < -0.3 is 4.74 Å². The predicted molar refractivity (Wildman–Crippen MR) is 70.7 cm³/mol. The van der Waals surface area contributed by atoms with Gasteiger partial charge in [0.2, 0.25) is 5.15 Å². The van der Waals surface area contributed by atoms with E-state index >= 15 is 0 Å². The van der Waals surface area contributed by atoms with Gasteiger partial charge in [0.15, 0.2) is 5.69 Å². The molecule has 2 rings (SSSR count). The molecule has 0 N–H and O–H groups in total. The van der Waals surface area contributed by atoms with Crippen LogP contribution in [0.4, 0.5) is 5.69 Å². The highest BCUT2D eigenvalue weighted by molar-refractivity contribution is 6.32. The molecule has 100 valence electrons. The highest BCUT2D eigenvalue weighted by Gasteiger charge is 2.27. The lowest BCUT2D eigenvalue weighted by Crippen LogP contribution is -2.00. The average molecular weight is 282 g/mol. The monoisotopic (exact) mass is 281 g/mol. The van der Waals surface area contributed by atoms with Gasteiger partial charge in [-0.1, -0.05) is 29.8 Å². The maximum atomic E-state index is 11.1. The Balaban J connectivity index is 2.63. The molecular formula is C12H12ClN3O3. The van der Waals surface area contributed by atoms with Gasteiger partial charge in [-0.2, -0.15) is 5.10 Å². The SMILES string of the molecule is COCc1nn(-c2ccccc2C)c(Cl)c1[N+](=O)[O-]. The van der Waals surface area contributed by atoms with Gasteiger partial charge in [0, 0.05) is 7.11 Å². The Morgan fingerprint density at radius 1 is 1.47 bits per heavy atom. The molecule has 0 saturated carbocycles. The first-order chi connectivity index (χ1) is 9.06. The predicted octanol–water partition coefficient (Wildman–Crippen LogP) is 2.89. The second kappa shape index (κ2) is 5.38. The van der Waals surface area contributed by atoms with E-state index in [0.29, 0.717) is 5.69 Å². The van der Waals surface area contributed by atoms with E-state index in [1.807, 2.05) is 25.1 Å². The number of para-hydroxylation sites is 1. The molecule has 0 spiro atoms. The third-order valence-corrected chi connectivity index (χ3v) is 3.02. The van der Waals surface area contributed by atoms with Crippen molar-refractivity contribution in [3.63, 3.8) is 0 Å². The van der Waals surface area contributed by atoms with Gasteiger partial charge in [0.1, 0.15) is 0 Å². The molecule has 1 aromatic heterocycles. The van der Waals surface area contributed by atoms with Crippen LogP contribution >= 0.6 is 11.6 Å². The molecule has 0 aliphatic heterocycles. The van der Waals surface area contributed by atoms with Crippen molar-refractivity contribution in [3.8, 4) is 5.69 Å². The number of hydrogen-bond donors (Lipinski definition) is 0. The molecule has 0 atom stereocenters. The van der Waals surface area contributed by atoms with Crippen molar-refractivity contribution in [3.05, 3.63) is 50.8 Å². The molecule has 2 aromatic rings. The third kappa shape index (κ3) is 2.45. The minimum Gasteiger partial charge on any atom is -0.378 e. The number of hydrogen-bond acceptors (Lipinski definition) is 4. The molecule has 0 aliphatic rings. The number of methoxy groups -OCH3 is 1. The van der Waals surface area contributed by atoms with Gasteiger partial charge in [-0.15, -0.1) is 0 Å². The summed E-state index contributed by atoms with van der Waals surface area (Å²) in [6.07, 6.45) is 0. The van der Waals surface area contributed by atoms with E-state index < -0.39 is 4.92 Å². The Kier molecular flexibility index (Phi) is 3.82. The van der Waals surface area contributed by atoms with Crippen molar-refractivity contribution >= 4 is 17.3 Å². The van der Waals surface area contributed by atoms with Crippen molar-refractivity contribution in [2.45, 2.75) is 13.5 Å². The largest absolute Gasteiger partial charge is 0.378 e. The maximum absolute atomic E-state index is 11.1. The summed E-state index contributed by atoms with van der Waals surface area (Å²) in [5.41, 5.74) is 1.62. The van der Waals surface area contributed by atoms with Gasteiger partial charge >= 0.3 is 5.69 Å². The first-order valence-electron chi connectivity index (χ1n) is 5.53. The number of benzene rings is 1. The lowest BCUT2D eigenvalue weighted by molar-refractivity contribution is -0.385. The van der Waals surface area contributed by atoms with Gasteiger partial charge in [-0.05, 0) is 18.6 Å². The highest BCUT2D eigenvalue weighted by Crippen LogP contribution is 2.31. The summed E-state index contributed by atoms with van der Waals surface area (Å²) in [6.45, 7) is 1.92. The van der Waals surface area contributed by atoms with E-state index in [9.17, 15) is 10.1 Å². The smallest absolute Gasteiger partial charge is 0.331 e. The Morgan fingerprint density at radius 3 is 2.74 bits per heavy atom. The van der Waals surface area contributed by atoms with Gasteiger partial charge in [0.05, 0.1) is 17.2 Å². The van der Waals surface area contributed by atoms with E-state index in [-0.39, 0.29) is 23.1 Å². The van der Waals surface area contributed by atoms with E-state index in [1.165, 1.54) is 11.8 Å². The van der Waals surface area contributed by atoms with Crippen LogP contribution in [0.5, 0.6) is 0 Å². The first-order valence-corrected chi connectivity index (χ1v) is 5.90. The topological polar surface area (TPSA) is 70.2 Å². The molecule has 0 unspecified atom stereocenters. The first kappa shape index (κ1) is 13.5. The standard InChI is InChI=1S/C12H12ClN3O3/c1-8-5-3-4-6-10(8)15-12(13)11(16(17)18)9(14-15)7-19-2/h3-6H,7H2,1-2H3. The minimum atomic E-state index is -0.543. The Hall–Kier alpha value is -1.92. The molecule has 0 aliphatic carbocycles. The number of ether oxygens (including phenoxy) is 1. The zero-order valence-corrected chi connectivity index (χ0v) is 11.2. The molecule has 0 amide bonds. The van der Waals surface area contributed by atoms with Crippen molar-refractivity contribution in [1.82, 2.24) is 9.78 Å². The summed E-state index contributed by atoms with van der Waals surface area (Å²) in [6, 6.07) is 7.38. The molecule has 6 nitrogen and oxygen atoms in total. The number of rotatable bonds is 4. The maximum Gasteiger partial charge on any atom is 0.331 e. The Morgan fingerprint density at radius 2 is 2.16 bits per heavy atom. The summed E-state index contributed by atoms with van der Waals surface area (Å²) in [4.78, 5) is 10.5. The summed E-state index contributed by atoms with van der Waals surface area (Å²) in [7, 11) is 1.45. The van der Waals surface area contributed by atoms with Crippen molar-refractivity contribution in [2.75, 3.05) is 7.11 Å². The van der Waals surface area contributed by atoms with Crippen LogP contribution in [0, 0.1) is 17.0 Å². The lowest BCUT2D eigenvalue weighted by atomic mass is 10.2. The van der Waals surface area contributed by atoms with Crippen LogP contribution < -0.4 is 0 Å². The summed E-state index contributed by atoms with van der Waals surface area (Å²) in [5.74, 6) is 0. The Labute approximate surface area is 114 Å². The number of halogens is 1. The van der Waals surface area contributed by atoms with Crippen LogP contribution in [0.2, 0.25) is 5.15 Å². The summed E-state index contributed by atoms with van der Waals surface area (Å²) < 4.78 is 6.28. The van der Waals surface area contributed by atoms with Crippen molar-refractivity contribution in [1.29, 1.82) is 0 Å². The second-order valence-electron chi connectivity index (χ2n) is 3.97. The fourth-order valence-electron chi connectivity index (χ4n) is 1.81. The molecule has 19 heavy (non-hydrogen) atoms. The normalized spacial score (nSPS) is 10.7. The highest BCUT2D eigenvalue weighted by atomic mass is 35.5. The second-order valence-corrected chi connectivity index (χ2v) is 4.33. The zero-order chi connectivity index (χ0) is 14.0. The van der Waals surface area contributed by atoms with E-state index in [1.54, 1.807) is 6.07 Å². The number of aryl methyl sites for hydroxylation is 1. The molecule has 7 heteroatoms. The van der Waals surface area contributed by atoms with Crippen LogP contribution in [0.25, 0.3) is 5.69 Å². The fraction of sp³-hybridized carbons (Fsp3) is 0.250. The molecule has 1 heterocycles. The van der Waals surface area contributed by atoms with Gasteiger partial charge in [0.25, 0.3) is 0 Å².